The number of hydrogen-bond donors (Lipinski definition) is 0. The van der Waals surface area contributed by atoms with Crippen LogP contribution in [0.5, 0.6) is 0 Å². The summed E-state index contributed by atoms with van der Waals surface area (Å²) >= 11 is 0. The average Bonchev–Trinajstić information content (AvgIpc) is 2.71. The first-order chi connectivity index (χ1) is 14.5. The van der Waals surface area contributed by atoms with Crippen molar-refractivity contribution in [1.29, 1.82) is 0 Å². The van der Waals surface area contributed by atoms with Crippen LogP contribution in [0.3, 0.4) is 0 Å². The van der Waals surface area contributed by atoms with Gasteiger partial charge in [0.25, 0.3) is 0 Å². The van der Waals surface area contributed by atoms with Crippen molar-refractivity contribution >= 4 is 11.9 Å². The minimum atomic E-state index is -0.908. The van der Waals surface area contributed by atoms with E-state index in [0.29, 0.717) is 0 Å². The Morgan fingerprint density at radius 3 is 0.806 bits per heavy atom. The zero-order valence-electron chi connectivity index (χ0n) is 20.6. The van der Waals surface area contributed by atoms with Gasteiger partial charge in [0, 0.05) is 11.9 Å². The fourth-order valence-electron chi connectivity index (χ4n) is 3.51. The van der Waals surface area contributed by atoms with Gasteiger partial charge in [0.05, 0.1) is 0 Å². The van der Waals surface area contributed by atoms with Gasteiger partial charge in [0.2, 0.25) is 0 Å². The van der Waals surface area contributed by atoms with Gasteiger partial charge in [-0.05, 0) is 25.7 Å². The summed E-state index contributed by atoms with van der Waals surface area (Å²) in [5, 5.41) is 20.2. The quantitative estimate of drug-likeness (QED) is 0.138. The maximum Gasteiger partial charge on any atom is 2.00 e. The molecule has 0 saturated carbocycles. The summed E-state index contributed by atoms with van der Waals surface area (Å²) < 4.78 is 0. The van der Waals surface area contributed by atoms with Crippen LogP contribution in [0, 0.1) is 0 Å². The summed E-state index contributed by atoms with van der Waals surface area (Å²) in [7, 11) is 0. The largest absolute Gasteiger partial charge is 2.00 e. The van der Waals surface area contributed by atoms with E-state index in [1.807, 2.05) is 0 Å². The van der Waals surface area contributed by atoms with Crippen molar-refractivity contribution in [2.75, 3.05) is 0 Å². The summed E-state index contributed by atoms with van der Waals surface area (Å²) in [6.45, 7) is 4.47. The number of carboxylic acid groups (broad SMARTS) is 2. The number of rotatable bonds is 22. The smallest absolute Gasteiger partial charge is 0.550 e. The van der Waals surface area contributed by atoms with Gasteiger partial charge in [-0.25, -0.2) is 0 Å². The van der Waals surface area contributed by atoms with E-state index in [1.165, 1.54) is 103 Å². The van der Waals surface area contributed by atoms with Crippen molar-refractivity contribution in [1.82, 2.24) is 0 Å². The van der Waals surface area contributed by atoms with Gasteiger partial charge in [0.1, 0.15) is 0 Å². The van der Waals surface area contributed by atoms with Crippen LogP contribution < -0.4 is 10.2 Å². The van der Waals surface area contributed by atoms with Crippen molar-refractivity contribution in [3.63, 3.8) is 0 Å². The predicted molar refractivity (Wildman–Crippen MR) is 123 cm³/mol. The summed E-state index contributed by atoms with van der Waals surface area (Å²) in [6.07, 6.45) is 25.2. The van der Waals surface area contributed by atoms with E-state index >= 15 is 0 Å². The fraction of sp³-hybridized carbons (Fsp3) is 0.923. The van der Waals surface area contributed by atoms with Gasteiger partial charge < -0.3 is 19.8 Å². The van der Waals surface area contributed by atoms with Gasteiger partial charge in [-0.15, -0.1) is 0 Å². The van der Waals surface area contributed by atoms with Crippen LogP contribution in [0.1, 0.15) is 155 Å². The third kappa shape index (κ3) is 40.4. The second-order valence-corrected chi connectivity index (χ2v) is 8.61. The van der Waals surface area contributed by atoms with E-state index in [1.54, 1.807) is 0 Å². The van der Waals surface area contributed by atoms with Crippen LogP contribution in [-0.2, 0) is 26.7 Å². The Morgan fingerprint density at radius 2 is 0.613 bits per heavy atom. The topological polar surface area (TPSA) is 80.3 Å². The zero-order chi connectivity index (χ0) is 22.7. The maximum atomic E-state index is 10.1. The Labute approximate surface area is 203 Å². The number of carbonyl (C=O) groups is 2. The molecule has 0 aliphatic carbocycles. The molecule has 185 valence electrons. The molecule has 0 amide bonds. The van der Waals surface area contributed by atoms with Crippen LogP contribution in [0.25, 0.3) is 0 Å². The van der Waals surface area contributed by atoms with E-state index in [9.17, 15) is 19.8 Å². The number of carbonyl (C=O) groups excluding carboxylic acids is 2. The van der Waals surface area contributed by atoms with Gasteiger partial charge >= 0.3 is 17.1 Å². The monoisotopic (exact) mass is 481 g/mol. The molecule has 0 rings (SSSR count). The molecule has 5 heteroatoms. The van der Waals surface area contributed by atoms with Crippen LogP contribution in [-0.4, -0.2) is 11.9 Å². The fourth-order valence-corrected chi connectivity index (χ4v) is 3.51. The van der Waals surface area contributed by atoms with E-state index in [0.717, 1.165) is 25.7 Å². The molecule has 0 bridgehead atoms. The molecule has 0 heterocycles. The zero-order valence-corrected chi connectivity index (χ0v) is 21.7. The number of unbranched alkanes of at least 4 members (excludes halogenated alkanes) is 18. The van der Waals surface area contributed by atoms with Gasteiger partial charge in [0.15, 0.2) is 0 Å². The second-order valence-electron chi connectivity index (χ2n) is 8.61. The third-order valence-corrected chi connectivity index (χ3v) is 5.47. The molecule has 0 unspecified atom stereocenters. The Morgan fingerprint density at radius 1 is 0.419 bits per heavy atom. The second kappa shape index (κ2) is 31.6. The molecule has 0 aromatic rings. The van der Waals surface area contributed by atoms with Crippen molar-refractivity contribution in [2.45, 2.75) is 155 Å². The molecule has 0 atom stereocenters. The normalized spacial score (nSPS) is 10.1. The Kier molecular flexibility index (Phi) is 35.8. The Bertz CT molecular complexity index is 327. The summed E-state index contributed by atoms with van der Waals surface area (Å²) in [5.41, 5.74) is 0. The van der Waals surface area contributed by atoms with E-state index < -0.39 is 11.9 Å². The van der Waals surface area contributed by atoms with E-state index in [4.69, 9.17) is 0 Å². The molecule has 0 fully saturated rings. The summed E-state index contributed by atoms with van der Waals surface area (Å²) in [4.78, 5) is 20.2. The molecule has 0 aromatic carbocycles. The molecule has 0 aliphatic rings. The van der Waals surface area contributed by atoms with Gasteiger partial charge in [-0.3, -0.25) is 0 Å². The van der Waals surface area contributed by atoms with Crippen molar-refractivity contribution in [3.8, 4) is 0 Å². The average molecular weight is 482 g/mol. The Hall–Kier alpha value is -0.541. The van der Waals surface area contributed by atoms with E-state index in [2.05, 4.69) is 13.8 Å². The molecular formula is C26H50MnO4. The Balaban J connectivity index is -0.000000490. The van der Waals surface area contributed by atoms with Crippen molar-refractivity contribution < 1.29 is 36.9 Å². The molecule has 0 saturated heterocycles. The summed E-state index contributed by atoms with van der Waals surface area (Å²) in [6, 6.07) is 0. The standard InChI is InChI=1S/2C13H26O2.Mn/c2*1-2-3-4-5-6-7-8-9-10-11-12-13(14)15;/h2*2-12H2,1H3,(H,14,15);/q;;+2/p-2. The van der Waals surface area contributed by atoms with Crippen LogP contribution in [0.15, 0.2) is 0 Å². The minimum Gasteiger partial charge on any atom is -0.550 e. The molecular weight excluding hydrogens is 431 g/mol. The summed E-state index contributed by atoms with van der Waals surface area (Å²) in [5.74, 6) is -1.82. The first-order valence-electron chi connectivity index (χ1n) is 12.9. The van der Waals surface area contributed by atoms with Crippen molar-refractivity contribution in [3.05, 3.63) is 0 Å². The molecule has 4 nitrogen and oxygen atoms in total. The molecule has 0 N–H and O–H groups in total. The van der Waals surface area contributed by atoms with Gasteiger partial charge in [-0.2, -0.15) is 0 Å². The maximum absolute atomic E-state index is 10.1. The van der Waals surface area contributed by atoms with Crippen LogP contribution in [0.2, 0.25) is 0 Å². The molecule has 1 radical (unpaired) electrons. The predicted octanol–water partition coefficient (Wildman–Crippen LogP) is 6.09. The molecule has 31 heavy (non-hydrogen) atoms. The third-order valence-electron chi connectivity index (χ3n) is 5.47. The first-order valence-corrected chi connectivity index (χ1v) is 12.9. The number of aliphatic carboxylic acids is 2. The number of hydrogen-bond acceptors (Lipinski definition) is 4. The first kappa shape index (κ1) is 35.1. The van der Waals surface area contributed by atoms with Crippen LogP contribution in [0.4, 0.5) is 0 Å². The molecule has 0 aromatic heterocycles. The SMILES string of the molecule is CCCCCCCCCCCCC(=O)[O-].CCCCCCCCCCCCC(=O)[O-].[Mn+2]. The van der Waals surface area contributed by atoms with Gasteiger partial charge in [-0.1, -0.05) is 129 Å². The molecule has 0 spiro atoms. The molecule has 0 aliphatic heterocycles. The minimum absolute atomic E-state index is 0. The van der Waals surface area contributed by atoms with E-state index in [-0.39, 0.29) is 29.9 Å². The number of carboxylic acids is 2. The van der Waals surface area contributed by atoms with Crippen molar-refractivity contribution in [2.24, 2.45) is 0 Å². The van der Waals surface area contributed by atoms with Crippen LogP contribution >= 0.6 is 0 Å².